The van der Waals surface area contributed by atoms with Gasteiger partial charge in [-0.25, -0.2) is 4.79 Å². The zero-order chi connectivity index (χ0) is 15.2. The largest absolute Gasteiger partial charge is 0.377 e. The summed E-state index contributed by atoms with van der Waals surface area (Å²) < 4.78 is 5.63. The lowest BCUT2D eigenvalue weighted by Gasteiger charge is -2.32. The average molecular weight is 291 g/mol. The number of urea groups is 1. The Morgan fingerprint density at radius 3 is 3.10 bits per heavy atom. The van der Waals surface area contributed by atoms with E-state index < -0.39 is 0 Å². The monoisotopic (exact) mass is 291 g/mol. The van der Waals surface area contributed by atoms with E-state index in [1.54, 1.807) is 0 Å². The first-order chi connectivity index (χ1) is 10.1. The zero-order valence-electron chi connectivity index (χ0n) is 12.8. The summed E-state index contributed by atoms with van der Waals surface area (Å²) in [4.78, 5) is 14.1. The van der Waals surface area contributed by atoms with Crippen LogP contribution in [0.5, 0.6) is 0 Å². The Kier molecular flexibility index (Phi) is 5.59. The minimum atomic E-state index is -0.0683. The molecule has 0 radical (unpaired) electrons. The lowest BCUT2D eigenvalue weighted by molar-refractivity contribution is 0.0181. The van der Waals surface area contributed by atoms with Gasteiger partial charge in [-0.2, -0.15) is 0 Å². The first-order valence-corrected chi connectivity index (χ1v) is 7.63. The van der Waals surface area contributed by atoms with Crippen molar-refractivity contribution in [1.82, 2.24) is 4.90 Å². The molecule has 2 unspecified atom stereocenters. The summed E-state index contributed by atoms with van der Waals surface area (Å²) in [5.41, 5.74) is 7.67. The maximum absolute atomic E-state index is 12.3. The molecular weight excluding hydrogens is 266 g/mol. The molecule has 1 aliphatic heterocycles. The summed E-state index contributed by atoms with van der Waals surface area (Å²) in [6.07, 6.45) is 2.17. The van der Waals surface area contributed by atoms with Crippen molar-refractivity contribution in [2.75, 3.05) is 25.0 Å². The molecule has 5 heteroatoms. The normalized spacial score (nSPS) is 20.1. The van der Waals surface area contributed by atoms with E-state index in [9.17, 15) is 4.79 Å². The number of hydrogen-bond donors (Lipinski definition) is 2. The van der Waals surface area contributed by atoms with Crippen LogP contribution in [0.25, 0.3) is 0 Å². The SMILES string of the molecule is CCOC1CCCN(C(=O)Nc2cccc(C(C)N)c2)C1. The van der Waals surface area contributed by atoms with Gasteiger partial charge in [-0.15, -0.1) is 0 Å². The fraction of sp³-hybridized carbons (Fsp3) is 0.562. The van der Waals surface area contributed by atoms with Gasteiger partial charge < -0.3 is 20.7 Å². The standard InChI is InChI=1S/C16H25N3O2/c1-3-21-15-8-5-9-19(11-15)16(20)18-14-7-4-6-13(10-14)12(2)17/h4,6-7,10,12,15H,3,5,8-9,11,17H2,1-2H3,(H,18,20). The van der Waals surface area contributed by atoms with Crippen molar-refractivity contribution in [2.24, 2.45) is 5.73 Å². The summed E-state index contributed by atoms with van der Waals surface area (Å²) in [7, 11) is 0. The highest BCUT2D eigenvalue weighted by atomic mass is 16.5. The molecular formula is C16H25N3O2. The van der Waals surface area contributed by atoms with Crippen LogP contribution in [0.4, 0.5) is 10.5 Å². The van der Waals surface area contributed by atoms with Crippen molar-refractivity contribution in [3.05, 3.63) is 29.8 Å². The Balaban J connectivity index is 1.96. The highest BCUT2D eigenvalue weighted by Crippen LogP contribution is 2.18. The van der Waals surface area contributed by atoms with Gasteiger partial charge in [0.2, 0.25) is 0 Å². The highest BCUT2D eigenvalue weighted by molar-refractivity contribution is 5.89. The second-order valence-electron chi connectivity index (χ2n) is 5.51. The van der Waals surface area contributed by atoms with Gasteiger partial charge in [0.05, 0.1) is 6.10 Å². The molecule has 2 rings (SSSR count). The molecule has 0 aromatic heterocycles. The number of likely N-dealkylation sites (tertiary alicyclic amines) is 1. The lowest BCUT2D eigenvalue weighted by Crippen LogP contribution is -2.45. The smallest absolute Gasteiger partial charge is 0.321 e. The zero-order valence-corrected chi connectivity index (χ0v) is 12.8. The van der Waals surface area contributed by atoms with E-state index >= 15 is 0 Å². The van der Waals surface area contributed by atoms with Crippen LogP contribution in [0, 0.1) is 0 Å². The number of benzene rings is 1. The van der Waals surface area contributed by atoms with Crippen molar-refractivity contribution in [1.29, 1.82) is 0 Å². The quantitative estimate of drug-likeness (QED) is 0.896. The van der Waals surface area contributed by atoms with Gasteiger partial charge in [-0.05, 0) is 44.4 Å². The number of nitrogens with zero attached hydrogens (tertiary/aromatic N) is 1. The minimum Gasteiger partial charge on any atom is -0.377 e. The third-order valence-electron chi connectivity index (χ3n) is 3.73. The molecule has 1 heterocycles. The number of anilines is 1. The van der Waals surface area contributed by atoms with Crippen LogP contribution in [0.2, 0.25) is 0 Å². The molecule has 5 nitrogen and oxygen atoms in total. The Morgan fingerprint density at radius 2 is 2.38 bits per heavy atom. The number of amides is 2. The number of nitrogens with two attached hydrogens (primary N) is 1. The van der Waals surface area contributed by atoms with Crippen molar-refractivity contribution in [2.45, 2.75) is 38.8 Å². The van der Waals surface area contributed by atoms with E-state index in [0.29, 0.717) is 13.2 Å². The number of rotatable bonds is 4. The first-order valence-electron chi connectivity index (χ1n) is 7.63. The van der Waals surface area contributed by atoms with E-state index in [-0.39, 0.29) is 18.2 Å². The van der Waals surface area contributed by atoms with E-state index in [1.807, 2.05) is 43.0 Å². The van der Waals surface area contributed by atoms with Crippen LogP contribution >= 0.6 is 0 Å². The van der Waals surface area contributed by atoms with Gasteiger partial charge in [-0.1, -0.05) is 12.1 Å². The first kappa shape index (κ1) is 15.8. The van der Waals surface area contributed by atoms with E-state index in [1.165, 1.54) is 0 Å². The third-order valence-corrected chi connectivity index (χ3v) is 3.73. The molecule has 3 N–H and O–H groups in total. The average Bonchev–Trinajstić information content (AvgIpc) is 2.48. The fourth-order valence-corrected chi connectivity index (χ4v) is 2.60. The second kappa shape index (κ2) is 7.43. The van der Waals surface area contributed by atoms with Crippen LogP contribution in [0.3, 0.4) is 0 Å². The molecule has 1 aromatic rings. The maximum Gasteiger partial charge on any atom is 0.321 e. The maximum atomic E-state index is 12.3. The lowest BCUT2D eigenvalue weighted by atomic mass is 10.1. The Labute approximate surface area is 126 Å². The van der Waals surface area contributed by atoms with Crippen LogP contribution in [-0.2, 0) is 4.74 Å². The van der Waals surface area contributed by atoms with Crippen LogP contribution < -0.4 is 11.1 Å². The number of ether oxygens (including phenoxy) is 1. The molecule has 1 aromatic carbocycles. The predicted octanol–water partition coefficient (Wildman–Crippen LogP) is 2.74. The summed E-state index contributed by atoms with van der Waals surface area (Å²) in [5.74, 6) is 0. The Hall–Kier alpha value is -1.59. The van der Waals surface area contributed by atoms with Crippen molar-refractivity contribution in [3.8, 4) is 0 Å². The molecule has 1 aliphatic rings. The Bertz CT molecular complexity index is 474. The summed E-state index contributed by atoms with van der Waals surface area (Å²) in [5, 5.41) is 2.95. The van der Waals surface area contributed by atoms with E-state index in [4.69, 9.17) is 10.5 Å². The van der Waals surface area contributed by atoms with Gasteiger partial charge in [0.25, 0.3) is 0 Å². The molecule has 1 saturated heterocycles. The van der Waals surface area contributed by atoms with Crippen molar-refractivity contribution in [3.63, 3.8) is 0 Å². The number of nitrogens with one attached hydrogen (secondary N) is 1. The van der Waals surface area contributed by atoms with Gasteiger partial charge in [0.15, 0.2) is 0 Å². The van der Waals surface area contributed by atoms with Crippen LogP contribution in [0.15, 0.2) is 24.3 Å². The third kappa shape index (κ3) is 4.44. The molecule has 21 heavy (non-hydrogen) atoms. The second-order valence-corrected chi connectivity index (χ2v) is 5.51. The molecule has 0 spiro atoms. The van der Waals surface area contributed by atoms with Crippen LogP contribution in [0.1, 0.15) is 38.3 Å². The van der Waals surface area contributed by atoms with Gasteiger partial charge >= 0.3 is 6.03 Å². The number of carbonyl (C=O) groups is 1. The fourth-order valence-electron chi connectivity index (χ4n) is 2.60. The van der Waals surface area contributed by atoms with Crippen LogP contribution in [-0.4, -0.2) is 36.7 Å². The van der Waals surface area contributed by atoms with E-state index in [2.05, 4.69) is 5.32 Å². The summed E-state index contributed by atoms with van der Waals surface area (Å²) >= 11 is 0. The molecule has 1 fully saturated rings. The van der Waals surface area contributed by atoms with Gasteiger partial charge in [0, 0.05) is 31.4 Å². The number of hydrogen-bond acceptors (Lipinski definition) is 3. The van der Waals surface area contributed by atoms with Crippen molar-refractivity contribution < 1.29 is 9.53 Å². The molecule has 2 atom stereocenters. The topological polar surface area (TPSA) is 67.6 Å². The summed E-state index contributed by atoms with van der Waals surface area (Å²) in [6.45, 7) is 6.04. The van der Waals surface area contributed by atoms with E-state index in [0.717, 1.165) is 30.6 Å². The summed E-state index contributed by atoms with van der Waals surface area (Å²) in [6, 6.07) is 7.57. The minimum absolute atomic E-state index is 0.0424. The number of piperidine rings is 1. The number of carbonyl (C=O) groups excluding carboxylic acids is 1. The molecule has 116 valence electrons. The van der Waals surface area contributed by atoms with Gasteiger partial charge in [0.1, 0.15) is 0 Å². The Morgan fingerprint density at radius 1 is 1.57 bits per heavy atom. The van der Waals surface area contributed by atoms with Crippen molar-refractivity contribution >= 4 is 11.7 Å². The molecule has 2 amide bonds. The molecule has 0 bridgehead atoms. The highest BCUT2D eigenvalue weighted by Gasteiger charge is 2.23. The molecule has 0 aliphatic carbocycles. The predicted molar refractivity (Wildman–Crippen MR) is 84.3 cm³/mol. The molecule has 0 saturated carbocycles. The van der Waals surface area contributed by atoms with Gasteiger partial charge in [-0.3, -0.25) is 0 Å².